The summed E-state index contributed by atoms with van der Waals surface area (Å²) >= 11 is 0. The first-order valence-corrected chi connectivity index (χ1v) is 6.65. The van der Waals surface area contributed by atoms with Gasteiger partial charge in [0.25, 0.3) is 0 Å². The molecule has 3 nitrogen and oxygen atoms in total. The van der Waals surface area contributed by atoms with Crippen molar-refractivity contribution in [3.63, 3.8) is 0 Å². The van der Waals surface area contributed by atoms with E-state index in [0.717, 1.165) is 38.5 Å². The number of hydrogen-bond acceptors (Lipinski definition) is 3. The Labute approximate surface area is 105 Å². The number of hydrogen-bond donors (Lipinski definition) is 1. The maximum Gasteiger partial charge on any atom is 0.122 e. The molecule has 17 heavy (non-hydrogen) atoms. The lowest BCUT2D eigenvalue weighted by Gasteiger charge is -2.17. The van der Waals surface area contributed by atoms with Crippen LogP contribution in [-0.2, 0) is 13.1 Å². The standard InChI is InChI=1S/C14H26N2O/c1-5-16(6-2)11-14-13(7-8-17-14)10-15-9-12(3)4/h7-8,12,15H,5-6,9-11H2,1-4H3. The molecule has 0 atom stereocenters. The van der Waals surface area contributed by atoms with Crippen LogP contribution >= 0.6 is 0 Å². The summed E-state index contributed by atoms with van der Waals surface area (Å²) in [6.45, 7) is 13.8. The fourth-order valence-electron chi connectivity index (χ4n) is 1.81. The van der Waals surface area contributed by atoms with Gasteiger partial charge in [-0.1, -0.05) is 27.7 Å². The Morgan fingerprint density at radius 1 is 1.29 bits per heavy atom. The summed E-state index contributed by atoms with van der Waals surface area (Å²) in [5, 5.41) is 3.46. The van der Waals surface area contributed by atoms with Crippen molar-refractivity contribution in [1.82, 2.24) is 10.2 Å². The van der Waals surface area contributed by atoms with Crippen LogP contribution in [0.1, 0.15) is 39.0 Å². The second kappa shape index (κ2) is 7.51. The van der Waals surface area contributed by atoms with Crippen LogP contribution < -0.4 is 5.32 Å². The molecule has 1 N–H and O–H groups in total. The quantitative estimate of drug-likeness (QED) is 0.755. The van der Waals surface area contributed by atoms with Gasteiger partial charge in [0.1, 0.15) is 5.76 Å². The van der Waals surface area contributed by atoms with Crippen molar-refractivity contribution in [3.05, 3.63) is 23.7 Å². The largest absolute Gasteiger partial charge is 0.468 e. The van der Waals surface area contributed by atoms with Gasteiger partial charge in [-0.05, 0) is 31.6 Å². The van der Waals surface area contributed by atoms with Crippen LogP contribution in [0.3, 0.4) is 0 Å². The number of furan rings is 1. The topological polar surface area (TPSA) is 28.4 Å². The van der Waals surface area contributed by atoms with Gasteiger partial charge < -0.3 is 9.73 Å². The fraction of sp³-hybridized carbons (Fsp3) is 0.714. The molecule has 3 heteroatoms. The Balaban J connectivity index is 2.47. The monoisotopic (exact) mass is 238 g/mol. The van der Waals surface area contributed by atoms with Crippen molar-refractivity contribution in [1.29, 1.82) is 0 Å². The van der Waals surface area contributed by atoms with Gasteiger partial charge in [-0.3, -0.25) is 4.90 Å². The van der Waals surface area contributed by atoms with Crippen molar-refractivity contribution in [2.45, 2.75) is 40.8 Å². The molecule has 1 heterocycles. The minimum Gasteiger partial charge on any atom is -0.468 e. The molecule has 0 saturated carbocycles. The molecule has 0 radical (unpaired) electrons. The highest BCUT2D eigenvalue weighted by Gasteiger charge is 2.09. The molecule has 0 aliphatic heterocycles. The first-order chi connectivity index (χ1) is 8.17. The third kappa shape index (κ3) is 4.92. The van der Waals surface area contributed by atoms with Crippen LogP contribution in [0.5, 0.6) is 0 Å². The molecule has 0 unspecified atom stereocenters. The van der Waals surface area contributed by atoms with Crippen molar-refractivity contribution in [2.75, 3.05) is 19.6 Å². The third-order valence-corrected chi connectivity index (χ3v) is 2.97. The smallest absolute Gasteiger partial charge is 0.122 e. The predicted octanol–water partition coefficient (Wildman–Crippen LogP) is 2.87. The van der Waals surface area contributed by atoms with Gasteiger partial charge in [0.15, 0.2) is 0 Å². The molecule has 0 amide bonds. The summed E-state index contributed by atoms with van der Waals surface area (Å²) in [5.41, 5.74) is 1.29. The molecule has 1 aromatic rings. The minimum atomic E-state index is 0.688. The Bertz CT molecular complexity index is 303. The lowest BCUT2D eigenvalue weighted by Crippen LogP contribution is -2.24. The van der Waals surface area contributed by atoms with Gasteiger partial charge in [0.05, 0.1) is 12.8 Å². The lowest BCUT2D eigenvalue weighted by atomic mass is 10.2. The molecule has 0 aliphatic rings. The predicted molar refractivity (Wildman–Crippen MR) is 71.9 cm³/mol. The van der Waals surface area contributed by atoms with Gasteiger partial charge in [0, 0.05) is 12.1 Å². The van der Waals surface area contributed by atoms with Gasteiger partial charge in [-0.25, -0.2) is 0 Å². The van der Waals surface area contributed by atoms with Crippen LogP contribution in [-0.4, -0.2) is 24.5 Å². The SMILES string of the molecule is CCN(CC)Cc1occc1CNCC(C)C. The molecule has 1 aromatic heterocycles. The van der Waals surface area contributed by atoms with Crippen molar-refractivity contribution in [3.8, 4) is 0 Å². The molecule has 0 saturated heterocycles. The first-order valence-electron chi connectivity index (χ1n) is 6.65. The second-order valence-corrected chi connectivity index (χ2v) is 4.86. The van der Waals surface area contributed by atoms with Crippen molar-refractivity contribution < 1.29 is 4.42 Å². The van der Waals surface area contributed by atoms with Crippen LogP contribution in [0.2, 0.25) is 0 Å². The van der Waals surface area contributed by atoms with E-state index in [9.17, 15) is 0 Å². The first kappa shape index (κ1) is 14.3. The number of nitrogens with zero attached hydrogens (tertiary/aromatic N) is 1. The highest BCUT2D eigenvalue weighted by atomic mass is 16.3. The minimum absolute atomic E-state index is 0.688. The highest BCUT2D eigenvalue weighted by molar-refractivity contribution is 5.16. The van der Waals surface area contributed by atoms with Crippen molar-refractivity contribution in [2.24, 2.45) is 5.92 Å². The third-order valence-electron chi connectivity index (χ3n) is 2.97. The van der Waals surface area contributed by atoms with Crippen LogP contribution in [0.25, 0.3) is 0 Å². The van der Waals surface area contributed by atoms with E-state index < -0.39 is 0 Å². The Morgan fingerprint density at radius 2 is 2.00 bits per heavy atom. The van der Waals surface area contributed by atoms with Gasteiger partial charge in [-0.15, -0.1) is 0 Å². The molecule has 98 valence electrons. The molecular formula is C14H26N2O. The maximum absolute atomic E-state index is 5.57. The van der Waals surface area contributed by atoms with E-state index >= 15 is 0 Å². The average Bonchev–Trinajstić information content (AvgIpc) is 2.73. The molecule has 0 aromatic carbocycles. The Hall–Kier alpha value is -0.800. The lowest BCUT2D eigenvalue weighted by molar-refractivity contribution is 0.267. The van der Waals surface area contributed by atoms with Crippen molar-refractivity contribution >= 4 is 0 Å². The fourth-order valence-corrected chi connectivity index (χ4v) is 1.81. The molecule has 1 rings (SSSR count). The zero-order valence-electron chi connectivity index (χ0n) is 11.6. The van der Waals surface area contributed by atoms with Crippen LogP contribution in [0.15, 0.2) is 16.7 Å². The normalized spacial score (nSPS) is 11.6. The van der Waals surface area contributed by atoms with E-state index in [1.54, 1.807) is 6.26 Å². The van der Waals surface area contributed by atoms with E-state index in [1.165, 1.54) is 5.56 Å². The van der Waals surface area contributed by atoms with Crippen LogP contribution in [0, 0.1) is 5.92 Å². The Kier molecular flexibility index (Phi) is 6.30. The molecular weight excluding hydrogens is 212 g/mol. The summed E-state index contributed by atoms with van der Waals surface area (Å²) in [6.07, 6.45) is 1.80. The summed E-state index contributed by atoms with van der Waals surface area (Å²) in [6, 6.07) is 2.08. The van der Waals surface area contributed by atoms with E-state index in [0.29, 0.717) is 5.92 Å². The van der Waals surface area contributed by atoms with E-state index in [1.807, 2.05) is 0 Å². The molecule has 0 bridgehead atoms. The highest BCUT2D eigenvalue weighted by Crippen LogP contribution is 2.13. The average molecular weight is 238 g/mol. The summed E-state index contributed by atoms with van der Waals surface area (Å²) in [5.74, 6) is 1.79. The molecule has 0 fully saturated rings. The van der Waals surface area contributed by atoms with Gasteiger partial charge in [-0.2, -0.15) is 0 Å². The van der Waals surface area contributed by atoms with E-state index in [2.05, 4.69) is 44.0 Å². The summed E-state index contributed by atoms with van der Waals surface area (Å²) in [7, 11) is 0. The van der Waals surface area contributed by atoms with Gasteiger partial charge in [0.2, 0.25) is 0 Å². The molecule has 0 aliphatic carbocycles. The molecule has 0 spiro atoms. The van der Waals surface area contributed by atoms with E-state index in [4.69, 9.17) is 4.42 Å². The van der Waals surface area contributed by atoms with Gasteiger partial charge >= 0.3 is 0 Å². The van der Waals surface area contributed by atoms with Crippen LogP contribution in [0.4, 0.5) is 0 Å². The maximum atomic E-state index is 5.57. The Morgan fingerprint density at radius 3 is 2.59 bits per heavy atom. The number of nitrogens with one attached hydrogen (secondary N) is 1. The number of rotatable bonds is 8. The second-order valence-electron chi connectivity index (χ2n) is 4.86. The summed E-state index contributed by atoms with van der Waals surface area (Å²) in [4.78, 5) is 2.37. The zero-order valence-corrected chi connectivity index (χ0v) is 11.6. The van der Waals surface area contributed by atoms with E-state index in [-0.39, 0.29) is 0 Å². The zero-order chi connectivity index (χ0) is 12.7. The summed E-state index contributed by atoms with van der Waals surface area (Å²) < 4.78 is 5.57.